The smallest absolute Gasteiger partial charge is 0.331 e. The van der Waals surface area contributed by atoms with Gasteiger partial charge < -0.3 is 4.74 Å². The van der Waals surface area contributed by atoms with Crippen LogP contribution in [0, 0.1) is 24.2 Å². The van der Waals surface area contributed by atoms with Crippen molar-refractivity contribution in [3.8, 4) is 0 Å². The molecule has 0 unspecified atom stereocenters. The van der Waals surface area contributed by atoms with Crippen LogP contribution >= 0.6 is 11.3 Å². The van der Waals surface area contributed by atoms with E-state index in [4.69, 9.17) is 4.74 Å². The van der Waals surface area contributed by atoms with Crippen molar-refractivity contribution in [2.75, 3.05) is 0 Å². The van der Waals surface area contributed by atoms with Crippen LogP contribution < -0.4 is 0 Å². The molecule has 5 heteroatoms. The van der Waals surface area contributed by atoms with Gasteiger partial charge in [-0.2, -0.15) is 0 Å². The molecule has 1 aliphatic heterocycles. The lowest BCUT2D eigenvalue weighted by Crippen LogP contribution is -2.29. The molecule has 0 amide bonds. The number of esters is 1. The van der Waals surface area contributed by atoms with E-state index < -0.39 is 5.41 Å². The van der Waals surface area contributed by atoms with Crippen molar-refractivity contribution in [2.24, 2.45) is 17.3 Å². The van der Waals surface area contributed by atoms with E-state index in [2.05, 4.69) is 11.9 Å². The Kier molecular flexibility index (Phi) is 9.67. The van der Waals surface area contributed by atoms with Crippen LogP contribution in [0.2, 0.25) is 0 Å². The maximum Gasteiger partial charge on any atom is 0.331 e. The van der Waals surface area contributed by atoms with E-state index in [-0.39, 0.29) is 23.8 Å². The lowest BCUT2D eigenvalue weighted by atomic mass is 9.78. The van der Waals surface area contributed by atoms with Gasteiger partial charge in [-0.05, 0) is 64.5 Å². The first-order valence-electron chi connectivity index (χ1n) is 11.6. The maximum absolute atomic E-state index is 13.0. The van der Waals surface area contributed by atoms with Gasteiger partial charge in [-0.15, -0.1) is 11.3 Å². The van der Waals surface area contributed by atoms with Crippen LogP contribution in [0.5, 0.6) is 0 Å². The van der Waals surface area contributed by atoms with Crippen LogP contribution in [-0.2, 0) is 14.3 Å². The number of aryl methyl sites for hydroxylation is 1. The minimum absolute atomic E-state index is 0.0157. The fourth-order valence-corrected chi connectivity index (χ4v) is 4.90. The van der Waals surface area contributed by atoms with Crippen molar-refractivity contribution in [2.45, 2.75) is 92.6 Å². The first-order chi connectivity index (χ1) is 14.6. The van der Waals surface area contributed by atoms with Crippen LogP contribution in [-0.4, -0.2) is 22.8 Å². The Labute approximate surface area is 192 Å². The highest BCUT2D eigenvalue weighted by Gasteiger charge is 2.30. The highest BCUT2D eigenvalue weighted by Crippen LogP contribution is 2.29. The van der Waals surface area contributed by atoms with Gasteiger partial charge in [-0.25, -0.2) is 9.78 Å². The number of ketones is 1. The molecule has 1 aromatic rings. The Morgan fingerprint density at radius 3 is 2.48 bits per heavy atom. The number of nitrogens with zero attached hydrogens (tertiary/aromatic N) is 1. The van der Waals surface area contributed by atoms with E-state index in [0.717, 1.165) is 48.4 Å². The summed E-state index contributed by atoms with van der Waals surface area (Å²) in [6.07, 6.45) is 12.3. The molecule has 0 N–H and O–H groups in total. The number of hydrogen-bond donors (Lipinski definition) is 0. The van der Waals surface area contributed by atoms with E-state index in [0.29, 0.717) is 5.92 Å². The third kappa shape index (κ3) is 8.36. The van der Waals surface area contributed by atoms with Crippen LogP contribution in [0.15, 0.2) is 23.1 Å². The van der Waals surface area contributed by atoms with Crippen LogP contribution in [0.4, 0.5) is 0 Å². The van der Waals surface area contributed by atoms with Crippen molar-refractivity contribution >= 4 is 29.2 Å². The zero-order valence-corrected chi connectivity index (χ0v) is 20.9. The number of hydrogen-bond acceptors (Lipinski definition) is 5. The minimum atomic E-state index is -0.687. The van der Waals surface area contributed by atoms with Crippen LogP contribution in [0.1, 0.15) is 90.3 Å². The minimum Gasteiger partial charge on any atom is -0.455 e. The van der Waals surface area contributed by atoms with E-state index in [1.54, 1.807) is 17.4 Å². The standard InChI is InChI=1S/C26H39NO3S/c1-18-11-9-7-8-10-12-23(19(2)16-22-17-31-21(4)27-22)30-24(28)13-14-26(5,6)25(29)20(3)15-18/h13-14,16-18,20,23H,7-12,15H2,1-6H3/b14-13+,19-16+/t18-,20+,23-/m0/s1. The van der Waals surface area contributed by atoms with Gasteiger partial charge in [0, 0.05) is 22.8 Å². The molecule has 172 valence electrons. The first-order valence-corrected chi connectivity index (χ1v) is 12.5. The molecule has 3 atom stereocenters. The van der Waals surface area contributed by atoms with Gasteiger partial charge in [-0.3, -0.25) is 4.79 Å². The fraction of sp³-hybridized carbons (Fsp3) is 0.654. The molecule has 2 rings (SSSR count). The highest BCUT2D eigenvalue weighted by molar-refractivity contribution is 7.09. The summed E-state index contributed by atoms with van der Waals surface area (Å²) in [6, 6.07) is 0. The zero-order valence-electron chi connectivity index (χ0n) is 20.1. The van der Waals surface area contributed by atoms with Crippen molar-refractivity contribution in [3.05, 3.63) is 33.8 Å². The summed E-state index contributed by atoms with van der Waals surface area (Å²) in [4.78, 5) is 30.1. The quantitative estimate of drug-likeness (QED) is 0.463. The molecule has 0 radical (unpaired) electrons. The number of rotatable bonds is 2. The maximum atomic E-state index is 13.0. The van der Waals surface area contributed by atoms with Crippen molar-refractivity contribution in [3.63, 3.8) is 0 Å². The number of cyclic esters (lactones) is 1. The van der Waals surface area contributed by atoms with Gasteiger partial charge in [-0.1, -0.05) is 45.6 Å². The largest absolute Gasteiger partial charge is 0.455 e. The summed E-state index contributed by atoms with van der Waals surface area (Å²) in [6.45, 7) is 12.0. The molecule has 0 spiro atoms. The van der Waals surface area contributed by atoms with Gasteiger partial charge in [0.2, 0.25) is 0 Å². The van der Waals surface area contributed by atoms with E-state index >= 15 is 0 Å². The number of Topliss-reactive ketones (excluding diaryl/α,β-unsaturated/α-hetero) is 1. The van der Waals surface area contributed by atoms with Crippen molar-refractivity contribution in [1.29, 1.82) is 0 Å². The zero-order chi connectivity index (χ0) is 23.0. The molecular weight excluding hydrogens is 406 g/mol. The molecule has 31 heavy (non-hydrogen) atoms. The second-order valence-corrected chi connectivity index (χ2v) is 10.8. The Morgan fingerprint density at radius 2 is 1.84 bits per heavy atom. The molecule has 0 bridgehead atoms. The molecule has 0 saturated carbocycles. The second-order valence-electron chi connectivity index (χ2n) is 9.76. The third-order valence-corrected chi connectivity index (χ3v) is 6.96. The van der Waals surface area contributed by atoms with Gasteiger partial charge in [0.15, 0.2) is 0 Å². The van der Waals surface area contributed by atoms with E-state index in [1.165, 1.54) is 18.9 Å². The second kappa shape index (κ2) is 11.8. The van der Waals surface area contributed by atoms with Crippen molar-refractivity contribution in [1.82, 2.24) is 4.98 Å². The number of allylic oxidation sites excluding steroid dienone is 1. The third-order valence-electron chi connectivity index (χ3n) is 6.17. The monoisotopic (exact) mass is 445 g/mol. The molecule has 0 saturated heterocycles. The number of thiazole rings is 1. The van der Waals surface area contributed by atoms with Crippen LogP contribution in [0.25, 0.3) is 6.08 Å². The molecule has 1 aromatic heterocycles. The Hall–Kier alpha value is -1.75. The summed E-state index contributed by atoms with van der Waals surface area (Å²) in [5.74, 6) is 0.317. The lowest BCUT2D eigenvalue weighted by molar-refractivity contribution is -0.141. The summed E-state index contributed by atoms with van der Waals surface area (Å²) < 4.78 is 5.83. The Balaban J connectivity index is 2.20. The molecule has 0 aromatic carbocycles. The average Bonchev–Trinajstić information content (AvgIpc) is 3.11. The number of aromatic nitrogens is 1. The lowest BCUT2D eigenvalue weighted by Gasteiger charge is -2.25. The molecular formula is C26H39NO3S. The molecule has 1 aliphatic rings. The molecule has 4 nitrogen and oxygen atoms in total. The topological polar surface area (TPSA) is 56.3 Å². The average molecular weight is 446 g/mol. The predicted octanol–water partition coefficient (Wildman–Crippen LogP) is 6.93. The van der Waals surface area contributed by atoms with Gasteiger partial charge in [0.05, 0.1) is 10.7 Å². The molecule has 0 fully saturated rings. The van der Waals surface area contributed by atoms with Crippen LogP contribution in [0.3, 0.4) is 0 Å². The van der Waals surface area contributed by atoms with Gasteiger partial charge in [0.25, 0.3) is 0 Å². The normalized spacial score (nSPS) is 28.2. The van der Waals surface area contributed by atoms with E-state index in [1.807, 2.05) is 46.1 Å². The highest BCUT2D eigenvalue weighted by atomic mass is 32.1. The van der Waals surface area contributed by atoms with Crippen molar-refractivity contribution < 1.29 is 14.3 Å². The number of carbonyl (C=O) groups excluding carboxylic acids is 2. The summed E-state index contributed by atoms with van der Waals surface area (Å²) in [7, 11) is 0. The summed E-state index contributed by atoms with van der Waals surface area (Å²) >= 11 is 1.61. The van der Waals surface area contributed by atoms with Gasteiger partial charge >= 0.3 is 5.97 Å². The van der Waals surface area contributed by atoms with E-state index in [9.17, 15) is 9.59 Å². The first kappa shape index (κ1) is 25.5. The predicted molar refractivity (Wildman–Crippen MR) is 129 cm³/mol. The number of carbonyl (C=O) groups is 2. The number of ether oxygens (including phenoxy) is 1. The fourth-order valence-electron chi connectivity index (χ4n) is 4.33. The molecule has 2 heterocycles. The summed E-state index contributed by atoms with van der Waals surface area (Å²) in [5.41, 5.74) is 1.23. The Bertz CT molecular complexity index is 805. The van der Waals surface area contributed by atoms with Gasteiger partial charge in [0.1, 0.15) is 11.9 Å². The molecule has 0 aliphatic carbocycles. The SMILES string of the molecule is C/C(=C\c1csc(C)n1)[C@@H]1CCCCCC[C@H](C)C[C@@H](C)C(=O)C(C)(C)/C=C/C(=O)O1. The summed E-state index contributed by atoms with van der Waals surface area (Å²) in [5, 5.41) is 3.04. The Morgan fingerprint density at radius 1 is 1.16 bits per heavy atom.